The van der Waals surface area contributed by atoms with E-state index in [0.29, 0.717) is 19.6 Å². The number of carbonyl (C=O) groups excluding carboxylic acids is 2. The molecule has 0 spiro atoms. The molecule has 8 nitrogen and oxygen atoms in total. The fourth-order valence-corrected chi connectivity index (χ4v) is 1.92. The number of phenolic OH excluding ortho intramolecular Hbond substituents is 3. The third-order valence-electron chi connectivity index (χ3n) is 3.12. The van der Waals surface area contributed by atoms with Crippen LogP contribution in [0.2, 0.25) is 0 Å². The van der Waals surface area contributed by atoms with Crippen LogP contribution in [0, 0.1) is 0 Å². The molecule has 0 aliphatic carbocycles. The molecule has 1 fully saturated rings. The van der Waals surface area contributed by atoms with Gasteiger partial charge < -0.3 is 30.3 Å². The summed E-state index contributed by atoms with van der Waals surface area (Å²) in [5.74, 6) is -1.87. The number of nitrogens with one attached hydrogen (secondary N) is 1. The number of amides is 1. The molecule has 1 aromatic rings. The number of benzene rings is 1. The number of carbonyl (C=O) groups is 2. The van der Waals surface area contributed by atoms with Gasteiger partial charge in [-0.25, -0.2) is 0 Å². The molecule has 134 valence electrons. The van der Waals surface area contributed by atoms with Crippen LogP contribution in [0.25, 0.3) is 0 Å². The van der Waals surface area contributed by atoms with Crippen molar-refractivity contribution in [1.29, 1.82) is 0 Å². The first-order valence-electron chi connectivity index (χ1n) is 7.52. The molecular formula is C16H24N2O6. The van der Waals surface area contributed by atoms with Gasteiger partial charge in [0.1, 0.15) is 5.60 Å². The Kier molecular flexibility index (Phi) is 6.84. The summed E-state index contributed by atoms with van der Waals surface area (Å²) in [4.78, 5) is 23.2. The molecule has 1 amide bonds. The Balaban J connectivity index is 0.000000351. The van der Waals surface area contributed by atoms with Crippen LogP contribution in [0.4, 0.5) is 0 Å². The Morgan fingerprint density at radius 2 is 1.67 bits per heavy atom. The summed E-state index contributed by atoms with van der Waals surface area (Å²) in [5, 5.41) is 31.0. The zero-order valence-electron chi connectivity index (χ0n) is 14.1. The molecule has 8 heteroatoms. The van der Waals surface area contributed by atoms with Crippen LogP contribution in [-0.2, 0) is 9.53 Å². The summed E-state index contributed by atoms with van der Waals surface area (Å²) >= 11 is 0. The van der Waals surface area contributed by atoms with E-state index >= 15 is 0 Å². The number of nitrogens with zero attached hydrogens (tertiary/aromatic N) is 1. The highest BCUT2D eigenvalue weighted by Gasteiger charge is 2.20. The third kappa shape index (κ3) is 5.96. The highest BCUT2D eigenvalue weighted by molar-refractivity contribution is 5.95. The second-order valence-electron chi connectivity index (χ2n) is 6.23. The van der Waals surface area contributed by atoms with Crippen molar-refractivity contribution in [2.45, 2.75) is 26.4 Å². The highest BCUT2D eigenvalue weighted by Crippen LogP contribution is 2.35. The average Bonchev–Trinajstić information content (AvgIpc) is 2.51. The Morgan fingerprint density at radius 3 is 2.04 bits per heavy atom. The van der Waals surface area contributed by atoms with Gasteiger partial charge in [-0.3, -0.25) is 9.59 Å². The average molecular weight is 340 g/mol. The third-order valence-corrected chi connectivity index (χ3v) is 3.12. The Bertz CT molecular complexity index is 553. The Morgan fingerprint density at radius 1 is 1.17 bits per heavy atom. The second kappa shape index (κ2) is 8.39. The second-order valence-corrected chi connectivity index (χ2v) is 6.23. The molecule has 0 radical (unpaired) electrons. The van der Waals surface area contributed by atoms with E-state index in [2.05, 4.69) is 10.1 Å². The molecule has 2 rings (SSSR count). The first kappa shape index (κ1) is 19.6. The van der Waals surface area contributed by atoms with E-state index in [1.165, 1.54) is 0 Å². The highest BCUT2D eigenvalue weighted by atomic mass is 16.5. The minimum Gasteiger partial charge on any atom is -0.504 e. The molecule has 4 N–H and O–H groups in total. The lowest BCUT2D eigenvalue weighted by Crippen LogP contribution is -2.46. The van der Waals surface area contributed by atoms with Gasteiger partial charge in [0, 0.05) is 31.7 Å². The van der Waals surface area contributed by atoms with E-state index in [1.807, 2.05) is 20.8 Å². The topological polar surface area (TPSA) is 119 Å². The molecular weight excluding hydrogens is 316 g/mol. The van der Waals surface area contributed by atoms with Gasteiger partial charge in [0.25, 0.3) is 12.4 Å². The van der Waals surface area contributed by atoms with Crippen molar-refractivity contribution in [1.82, 2.24) is 10.2 Å². The minimum absolute atomic E-state index is 0.166. The van der Waals surface area contributed by atoms with Gasteiger partial charge in [-0.05, 0) is 32.9 Å². The first-order chi connectivity index (χ1) is 11.2. The maximum Gasteiger partial charge on any atom is 0.293 e. The van der Waals surface area contributed by atoms with Crippen molar-refractivity contribution in [3.63, 3.8) is 0 Å². The van der Waals surface area contributed by atoms with E-state index in [1.54, 1.807) is 4.90 Å². The monoisotopic (exact) mass is 340 g/mol. The van der Waals surface area contributed by atoms with Crippen molar-refractivity contribution >= 4 is 12.4 Å². The molecule has 0 aromatic heterocycles. The predicted octanol–water partition coefficient (Wildman–Crippen LogP) is 0.807. The SMILES string of the molecule is CC(C)(C)OC=O.O=C(c1cc(O)c(O)c(O)c1)N1CCNCC1. The number of rotatable bonds is 2. The normalized spacial score (nSPS) is 14.4. The van der Waals surface area contributed by atoms with Crippen molar-refractivity contribution < 1.29 is 29.6 Å². The van der Waals surface area contributed by atoms with Gasteiger partial charge in [0.2, 0.25) is 0 Å². The van der Waals surface area contributed by atoms with Crippen LogP contribution in [0.3, 0.4) is 0 Å². The maximum absolute atomic E-state index is 12.0. The number of piperazine rings is 1. The fraction of sp³-hybridized carbons (Fsp3) is 0.500. The summed E-state index contributed by atoms with van der Waals surface area (Å²) < 4.78 is 4.55. The molecule has 0 atom stereocenters. The van der Waals surface area contributed by atoms with Crippen molar-refractivity contribution in [3.8, 4) is 17.2 Å². The maximum atomic E-state index is 12.0. The quantitative estimate of drug-likeness (QED) is 0.464. The summed E-state index contributed by atoms with van der Waals surface area (Å²) in [6, 6.07) is 2.30. The van der Waals surface area contributed by atoms with Gasteiger partial charge in [-0.2, -0.15) is 0 Å². The van der Waals surface area contributed by atoms with Crippen LogP contribution in [0.15, 0.2) is 12.1 Å². The molecule has 24 heavy (non-hydrogen) atoms. The summed E-state index contributed by atoms with van der Waals surface area (Å²) in [6.07, 6.45) is 0. The van der Waals surface area contributed by atoms with Gasteiger partial charge in [0.05, 0.1) is 0 Å². The lowest BCUT2D eigenvalue weighted by molar-refractivity contribution is -0.138. The number of hydrogen-bond acceptors (Lipinski definition) is 7. The standard InChI is InChI=1S/C11H14N2O4.C5H10O2/c14-8-5-7(6-9(15)10(8)16)11(17)13-3-1-12-2-4-13;1-5(2,3)7-4-6/h5-6,12,14-16H,1-4H2;4H,1-3H3. The van der Waals surface area contributed by atoms with E-state index in [4.69, 9.17) is 0 Å². The Labute approximate surface area is 140 Å². The number of phenols is 3. The molecule has 1 saturated heterocycles. The van der Waals surface area contributed by atoms with Crippen LogP contribution in [-0.4, -0.2) is 64.4 Å². The molecule has 1 aromatic carbocycles. The van der Waals surface area contributed by atoms with E-state index in [0.717, 1.165) is 25.2 Å². The van der Waals surface area contributed by atoms with Crippen LogP contribution in [0.1, 0.15) is 31.1 Å². The van der Waals surface area contributed by atoms with Crippen LogP contribution in [0.5, 0.6) is 17.2 Å². The minimum atomic E-state index is -0.609. The zero-order chi connectivity index (χ0) is 18.3. The van der Waals surface area contributed by atoms with Gasteiger partial charge in [-0.15, -0.1) is 0 Å². The number of hydrogen-bond donors (Lipinski definition) is 4. The summed E-state index contributed by atoms with van der Waals surface area (Å²) in [5.41, 5.74) is -0.151. The smallest absolute Gasteiger partial charge is 0.293 e. The van der Waals surface area contributed by atoms with Crippen LogP contribution < -0.4 is 5.32 Å². The van der Waals surface area contributed by atoms with Gasteiger partial charge >= 0.3 is 0 Å². The molecule has 0 saturated carbocycles. The van der Waals surface area contributed by atoms with E-state index in [-0.39, 0.29) is 17.1 Å². The number of aromatic hydroxyl groups is 3. The predicted molar refractivity (Wildman–Crippen MR) is 87.1 cm³/mol. The molecule has 1 aliphatic rings. The van der Waals surface area contributed by atoms with E-state index in [9.17, 15) is 24.9 Å². The molecule has 1 heterocycles. The molecule has 0 unspecified atom stereocenters. The largest absolute Gasteiger partial charge is 0.504 e. The lowest BCUT2D eigenvalue weighted by atomic mass is 10.1. The number of ether oxygens (including phenoxy) is 1. The first-order valence-corrected chi connectivity index (χ1v) is 7.52. The summed E-state index contributed by atoms with van der Waals surface area (Å²) in [7, 11) is 0. The van der Waals surface area contributed by atoms with Gasteiger partial charge in [-0.1, -0.05) is 0 Å². The zero-order valence-corrected chi connectivity index (χ0v) is 14.1. The lowest BCUT2D eigenvalue weighted by Gasteiger charge is -2.27. The van der Waals surface area contributed by atoms with Crippen LogP contribution >= 0.6 is 0 Å². The molecule has 1 aliphatic heterocycles. The van der Waals surface area contributed by atoms with Gasteiger partial charge in [0.15, 0.2) is 17.2 Å². The van der Waals surface area contributed by atoms with E-state index < -0.39 is 17.2 Å². The van der Waals surface area contributed by atoms with Crippen molar-refractivity contribution in [2.75, 3.05) is 26.2 Å². The van der Waals surface area contributed by atoms with Crippen molar-refractivity contribution in [2.24, 2.45) is 0 Å². The molecule has 0 bridgehead atoms. The Hall–Kier alpha value is -2.48. The van der Waals surface area contributed by atoms with Crippen molar-refractivity contribution in [3.05, 3.63) is 17.7 Å². The summed E-state index contributed by atoms with van der Waals surface area (Å²) in [6.45, 7) is 8.54. The fourth-order valence-electron chi connectivity index (χ4n) is 1.92.